The molecule has 0 amide bonds. The predicted octanol–water partition coefficient (Wildman–Crippen LogP) is 6.70. The van der Waals surface area contributed by atoms with Crippen LogP contribution in [0.2, 0.25) is 0 Å². The van der Waals surface area contributed by atoms with Gasteiger partial charge in [0.25, 0.3) is 5.67 Å². The summed E-state index contributed by atoms with van der Waals surface area (Å²) in [6.07, 6.45) is -2.08. The number of aliphatic hydroxyl groups is 1. The summed E-state index contributed by atoms with van der Waals surface area (Å²) in [7, 11) is 0. The molecule has 0 aliphatic heterocycles. The van der Waals surface area contributed by atoms with E-state index in [-0.39, 0.29) is 5.92 Å². The Hall–Kier alpha value is -1.59. The van der Waals surface area contributed by atoms with Crippen molar-refractivity contribution in [3.8, 4) is 0 Å². The Morgan fingerprint density at radius 1 is 0.742 bits per heavy atom. The van der Waals surface area contributed by atoms with Crippen LogP contribution < -0.4 is 0 Å². The van der Waals surface area contributed by atoms with Gasteiger partial charge in [-0.3, -0.25) is 0 Å². The molecule has 0 aromatic heterocycles. The second-order valence-corrected chi connectivity index (χ2v) is 8.06. The zero-order chi connectivity index (χ0) is 24.5. The second kappa shape index (κ2) is 6.95. The summed E-state index contributed by atoms with van der Waals surface area (Å²) in [4.78, 5) is 0. The zero-order valence-corrected chi connectivity index (χ0v) is 16.4. The maximum absolute atomic E-state index is 15.0. The van der Waals surface area contributed by atoms with Crippen molar-refractivity contribution >= 4 is 0 Å². The van der Waals surface area contributed by atoms with Crippen molar-refractivity contribution in [2.45, 2.75) is 80.4 Å². The smallest absolute Gasteiger partial charge is 0.384 e. The van der Waals surface area contributed by atoms with Crippen LogP contribution in [0.5, 0.6) is 0 Å². The van der Waals surface area contributed by atoms with Gasteiger partial charge in [-0.1, -0.05) is 38.1 Å². The summed E-state index contributed by atoms with van der Waals surface area (Å²) in [6, 6.07) is 4.57. The van der Waals surface area contributed by atoms with Gasteiger partial charge < -0.3 is 5.11 Å². The van der Waals surface area contributed by atoms with Gasteiger partial charge in [-0.25, -0.2) is 4.39 Å². The predicted molar refractivity (Wildman–Crippen MR) is 87.9 cm³/mol. The Morgan fingerprint density at radius 2 is 1.10 bits per heavy atom. The van der Waals surface area contributed by atoms with Crippen molar-refractivity contribution in [3.05, 3.63) is 35.4 Å². The van der Waals surface area contributed by atoms with E-state index in [0.29, 0.717) is 18.9 Å². The van der Waals surface area contributed by atoms with Crippen LogP contribution in [-0.2, 0) is 5.60 Å². The molecule has 2 unspecified atom stereocenters. The molecule has 1 saturated carbocycles. The molecule has 2 rings (SSSR count). The third kappa shape index (κ3) is 3.06. The molecular formula is C19H19F11O. The van der Waals surface area contributed by atoms with Crippen LogP contribution in [0.4, 0.5) is 48.3 Å². The van der Waals surface area contributed by atoms with Crippen LogP contribution in [0.15, 0.2) is 24.3 Å². The monoisotopic (exact) mass is 472 g/mol. The molecule has 0 bridgehead atoms. The van der Waals surface area contributed by atoms with Crippen LogP contribution in [0.3, 0.4) is 0 Å². The lowest BCUT2D eigenvalue weighted by atomic mass is 9.67. The van der Waals surface area contributed by atoms with E-state index in [1.54, 1.807) is 6.92 Å². The summed E-state index contributed by atoms with van der Waals surface area (Å²) in [5.41, 5.74) is -9.28. The van der Waals surface area contributed by atoms with E-state index in [0.717, 1.165) is 12.1 Å². The second-order valence-electron chi connectivity index (χ2n) is 8.06. The number of hydrogen-bond acceptors (Lipinski definition) is 1. The van der Waals surface area contributed by atoms with Crippen molar-refractivity contribution < 1.29 is 53.4 Å². The first-order valence-electron chi connectivity index (χ1n) is 9.06. The highest BCUT2D eigenvalue weighted by Gasteiger charge is 3.01. The summed E-state index contributed by atoms with van der Waals surface area (Å²) in [5, 5.41) is 10.3. The van der Waals surface area contributed by atoms with E-state index in [2.05, 4.69) is 0 Å². The number of benzene rings is 1. The first-order chi connectivity index (χ1) is 13.7. The first-order valence-corrected chi connectivity index (χ1v) is 9.06. The van der Waals surface area contributed by atoms with Crippen molar-refractivity contribution in [3.63, 3.8) is 0 Å². The quantitative estimate of drug-likeness (QED) is 0.473. The topological polar surface area (TPSA) is 20.2 Å². The summed E-state index contributed by atoms with van der Waals surface area (Å²) in [6.45, 7) is 4.03. The van der Waals surface area contributed by atoms with Crippen molar-refractivity contribution in [2.75, 3.05) is 0 Å². The van der Waals surface area contributed by atoms with Gasteiger partial charge in [0.2, 0.25) is 0 Å². The van der Waals surface area contributed by atoms with E-state index in [1.165, 1.54) is 12.1 Å². The fourth-order valence-corrected chi connectivity index (χ4v) is 3.49. The normalized spacial score (nSPS) is 27.8. The van der Waals surface area contributed by atoms with Crippen LogP contribution in [0, 0.1) is 0 Å². The lowest BCUT2D eigenvalue weighted by Gasteiger charge is -2.53. The fraction of sp³-hybridized carbons (Fsp3) is 0.684. The number of hydrogen-bond donors (Lipinski definition) is 1. The van der Waals surface area contributed by atoms with E-state index in [9.17, 15) is 53.4 Å². The number of alkyl halides is 11. The fourth-order valence-electron chi connectivity index (χ4n) is 3.49. The summed E-state index contributed by atoms with van der Waals surface area (Å²) in [5.74, 6) is -35.6. The highest BCUT2D eigenvalue weighted by Crippen LogP contribution is 2.71. The van der Waals surface area contributed by atoms with Crippen LogP contribution in [-0.4, -0.2) is 40.4 Å². The highest BCUT2D eigenvalue weighted by molar-refractivity contribution is 5.32. The van der Waals surface area contributed by atoms with Gasteiger partial charge >= 0.3 is 29.6 Å². The molecule has 1 N–H and O–H groups in total. The largest absolute Gasteiger partial charge is 0.385 e. The van der Waals surface area contributed by atoms with E-state index in [1.807, 2.05) is 6.92 Å². The molecule has 1 aromatic carbocycles. The molecule has 12 heteroatoms. The molecule has 0 saturated heterocycles. The molecule has 31 heavy (non-hydrogen) atoms. The molecule has 0 heterocycles. The molecule has 1 fully saturated rings. The van der Waals surface area contributed by atoms with Crippen LogP contribution >= 0.6 is 0 Å². The summed E-state index contributed by atoms with van der Waals surface area (Å²) >= 11 is 0. The third-order valence-electron chi connectivity index (χ3n) is 5.87. The molecule has 0 spiro atoms. The highest BCUT2D eigenvalue weighted by atomic mass is 19.4. The minimum Gasteiger partial charge on any atom is -0.385 e. The SMILES string of the molecule is CCC(C)c1ccc(C(C)(O)CC2(F)C(F)(F)C(F)(F)C(F)(F)C(F)(F)C2(F)F)cc1. The Bertz CT molecular complexity index is 785. The number of rotatable bonds is 5. The molecule has 2 atom stereocenters. The molecular weight excluding hydrogens is 453 g/mol. The average Bonchev–Trinajstić information content (AvgIpc) is 2.65. The maximum Gasteiger partial charge on any atom is 0.384 e. The van der Waals surface area contributed by atoms with Crippen LogP contribution in [0.25, 0.3) is 0 Å². The first kappa shape index (κ1) is 25.7. The molecule has 1 nitrogen and oxygen atoms in total. The lowest BCUT2D eigenvalue weighted by Crippen LogP contribution is -2.84. The van der Waals surface area contributed by atoms with Crippen molar-refractivity contribution in [2.24, 2.45) is 0 Å². The third-order valence-corrected chi connectivity index (χ3v) is 5.87. The molecule has 0 radical (unpaired) electrons. The molecule has 178 valence electrons. The maximum atomic E-state index is 15.0. The Morgan fingerprint density at radius 3 is 1.45 bits per heavy atom. The van der Waals surface area contributed by atoms with Crippen molar-refractivity contribution in [1.82, 2.24) is 0 Å². The van der Waals surface area contributed by atoms with Gasteiger partial charge in [-0.15, -0.1) is 0 Å². The Labute approximate surface area is 170 Å². The molecule has 1 aliphatic rings. The van der Waals surface area contributed by atoms with E-state index < -0.39 is 52.9 Å². The zero-order valence-electron chi connectivity index (χ0n) is 16.4. The van der Waals surface area contributed by atoms with Gasteiger partial charge in [-0.05, 0) is 30.4 Å². The number of halogens is 11. The van der Waals surface area contributed by atoms with Crippen molar-refractivity contribution in [1.29, 1.82) is 0 Å². The Kier molecular flexibility index (Phi) is 5.76. The molecule has 1 aromatic rings. The minimum absolute atomic E-state index is 0.0434. The van der Waals surface area contributed by atoms with E-state index in [4.69, 9.17) is 0 Å². The molecule has 1 aliphatic carbocycles. The Balaban J connectivity index is 2.61. The van der Waals surface area contributed by atoms with Gasteiger partial charge in [-0.2, -0.15) is 43.9 Å². The van der Waals surface area contributed by atoms with E-state index >= 15 is 0 Å². The summed E-state index contributed by atoms with van der Waals surface area (Å²) < 4.78 is 152. The minimum atomic E-state index is -7.27. The van der Waals surface area contributed by atoms with Gasteiger partial charge in [0, 0.05) is 6.42 Å². The lowest BCUT2D eigenvalue weighted by molar-refractivity contribution is -0.488. The standard InChI is InChI=1S/C19H19F11O/c1-4-10(2)11-5-7-12(8-6-11)13(3,31)9-14(20)15(21,22)17(25,26)19(29,30)18(27,28)16(14,23)24/h5-8,10,31H,4,9H2,1-3H3. The van der Waals surface area contributed by atoms with Crippen LogP contribution in [0.1, 0.15) is 50.7 Å². The van der Waals surface area contributed by atoms with Gasteiger partial charge in [0.15, 0.2) is 0 Å². The van der Waals surface area contributed by atoms with Gasteiger partial charge in [0.05, 0.1) is 5.60 Å². The average molecular weight is 472 g/mol. The van der Waals surface area contributed by atoms with Gasteiger partial charge in [0.1, 0.15) is 0 Å².